The zero-order valence-electron chi connectivity index (χ0n) is 6.39. The van der Waals surface area contributed by atoms with Crippen molar-refractivity contribution in [2.75, 3.05) is 0 Å². The Hall–Kier alpha value is -0.700. The quantitative estimate of drug-likeness (QED) is 0.614. The van der Waals surface area contributed by atoms with Gasteiger partial charge in [-0.25, -0.2) is 0 Å². The molecular weight excluding hydrogens is 130 g/mol. The number of nitrogens with two attached hydrogens (primary N) is 1. The van der Waals surface area contributed by atoms with E-state index in [1.165, 1.54) is 13.8 Å². The molecule has 58 valence electrons. The molecule has 0 radical (unpaired) electrons. The van der Waals surface area contributed by atoms with Crippen molar-refractivity contribution in [1.82, 2.24) is 0 Å². The molecule has 0 aromatic heterocycles. The lowest BCUT2D eigenvalue weighted by Gasteiger charge is -2.03. The van der Waals surface area contributed by atoms with Gasteiger partial charge in [0, 0.05) is 6.42 Å². The minimum atomic E-state index is -0.455. The van der Waals surface area contributed by atoms with Gasteiger partial charge >= 0.3 is 0 Å². The van der Waals surface area contributed by atoms with Gasteiger partial charge < -0.3 is 10.5 Å². The molecule has 0 aliphatic heterocycles. The molecule has 0 rings (SSSR count). The average molecular weight is 143 g/mol. The van der Waals surface area contributed by atoms with E-state index in [0.29, 0.717) is 12.8 Å². The molecule has 0 aromatic rings. The van der Waals surface area contributed by atoms with Gasteiger partial charge in [-0.3, -0.25) is 4.79 Å². The maximum absolute atomic E-state index is 10.5. The van der Waals surface area contributed by atoms with E-state index < -0.39 is 6.04 Å². The second-order valence-electron chi connectivity index (χ2n) is 2.46. The van der Waals surface area contributed by atoms with Crippen LogP contribution in [0.3, 0.4) is 0 Å². The van der Waals surface area contributed by atoms with E-state index in [2.05, 4.69) is 0 Å². The van der Waals surface area contributed by atoms with Gasteiger partial charge in [0.05, 0.1) is 6.04 Å². The minimum Gasteiger partial charge on any atom is -0.322 e. The minimum absolute atomic E-state index is 0.0544. The van der Waals surface area contributed by atoms with Crippen molar-refractivity contribution in [1.29, 1.82) is 0 Å². The fourth-order valence-corrected chi connectivity index (χ4v) is 0.562. The molecule has 0 heterocycles. The van der Waals surface area contributed by atoms with Crippen molar-refractivity contribution in [3.8, 4) is 0 Å². The van der Waals surface area contributed by atoms with Crippen LogP contribution in [0.25, 0.3) is 0 Å². The van der Waals surface area contributed by atoms with Gasteiger partial charge in [-0.1, -0.05) is 0 Å². The van der Waals surface area contributed by atoms with Gasteiger partial charge in [-0.15, -0.1) is 0 Å². The van der Waals surface area contributed by atoms with E-state index in [0.717, 1.165) is 0 Å². The lowest BCUT2D eigenvalue weighted by molar-refractivity contribution is -0.119. The molecule has 1 atom stereocenters. The summed E-state index contributed by atoms with van der Waals surface area (Å²) in [5.74, 6) is 0.0259. The van der Waals surface area contributed by atoms with E-state index in [4.69, 9.17) is 5.73 Å². The second kappa shape index (κ2) is 4.17. The van der Waals surface area contributed by atoms with Crippen LogP contribution in [0.1, 0.15) is 26.7 Å². The Morgan fingerprint density at radius 2 is 1.90 bits per heavy atom. The first-order valence-electron chi connectivity index (χ1n) is 3.29. The van der Waals surface area contributed by atoms with E-state index in [-0.39, 0.29) is 11.6 Å². The third-order valence-electron chi connectivity index (χ3n) is 1.33. The molecule has 3 nitrogen and oxygen atoms in total. The first-order chi connectivity index (χ1) is 4.54. The summed E-state index contributed by atoms with van der Waals surface area (Å²) in [7, 11) is 0. The van der Waals surface area contributed by atoms with Crippen LogP contribution in [-0.4, -0.2) is 17.6 Å². The third kappa shape index (κ3) is 4.21. The van der Waals surface area contributed by atoms with Crippen LogP contribution in [0.15, 0.2) is 0 Å². The summed E-state index contributed by atoms with van der Waals surface area (Å²) in [6.07, 6.45) is 0.880. The molecule has 0 aromatic carbocycles. The largest absolute Gasteiger partial charge is 0.322 e. The molecule has 0 saturated heterocycles. The predicted octanol–water partition coefficient (Wildman–Crippen LogP) is 0.272. The molecule has 3 heteroatoms. The fourth-order valence-electron chi connectivity index (χ4n) is 0.562. The summed E-state index contributed by atoms with van der Waals surface area (Å²) in [6.45, 7) is 2.93. The zero-order valence-corrected chi connectivity index (χ0v) is 6.39. The van der Waals surface area contributed by atoms with Crippen molar-refractivity contribution in [3.05, 3.63) is 0 Å². The fraction of sp³-hybridized carbons (Fsp3) is 0.714. The van der Waals surface area contributed by atoms with Crippen molar-refractivity contribution in [2.45, 2.75) is 32.7 Å². The molecule has 0 saturated carbocycles. The molecule has 0 fully saturated rings. The predicted molar refractivity (Wildman–Crippen MR) is 38.6 cm³/mol. The second-order valence-corrected chi connectivity index (χ2v) is 2.46. The maximum Gasteiger partial charge on any atom is 0.146 e. The Bertz CT molecular complexity index is 143. The summed E-state index contributed by atoms with van der Waals surface area (Å²) >= 11 is 0. The van der Waals surface area contributed by atoms with Crippen molar-refractivity contribution >= 4 is 11.6 Å². The van der Waals surface area contributed by atoms with Crippen molar-refractivity contribution in [3.63, 3.8) is 0 Å². The summed E-state index contributed by atoms with van der Waals surface area (Å²) in [5.41, 5.74) is 5.36. The highest BCUT2D eigenvalue weighted by atomic mass is 16.1. The number of hydrogen-bond acceptors (Lipinski definition) is 3. The monoisotopic (exact) mass is 143 g/mol. The lowest BCUT2D eigenvalue weighted by atomic mass is 10.1. The van der Waals surface area contributed by atoms with Gasteiger partial charge in [0.2, 0.25) is 0 Å². The highest BCUT2D eigenvalue weighted by Gasteiger charge is 2.07. The van der Waals surface area contributed by atoms with Gasteiger partial charge in [0.15, 0.2) is 0 Å². The third-order valence-corrected chi connectivity index (χ3v) is 1.33. The van der Waals surface area contributed by atoms with E-state index >= 15 is 0 Å². The van der Waals surface area contributed by atoms with Crippen LogP contribution in [0.2, 0.25) is 0 Å². The Kier molecular flexibility index (Phi) is 3.88. The normalized spacial score (nSPS) is 12.7. The molecule has 0 aliphatic carbocycles. The van der Waals surface area contributed by atoms with Crippen LogP contribution in [0.4, 0.5) is 0 Å². The molecule has 10 heavy (non-hydrogen) atoms. The number of ketones is 2. The topological polar surface area (TPSA) is 60.2 Å². The molecule has 0 aliphatic rings. The number of hydrogen-bond donors (Lipinski definition) is 1. The van der Waals surface area contributed by atoms with Crippen LogP contribution in [-0.2, 0) is 9.59 Å². The summed E-state index contributed by atoms with van der Waals surface area (Å²) in [4.78, 5) is 20.9. The van der Waals surface area contributed by atoms with Gasteiger partial charge in [0.1, 0.15) is 11.6 Å². The SMILES string of the molecule is CC(=O)CCC(N)C(C)=O. The first kappa shape index (κ1) is 9.30. The molecule has 0 spiro atoms. The average Bonchev–Trinajstić information content (AvgIpc) is 1.82. The number of carbonyl (C=O) groups is 2. The molecule has 0 amide bonds. The van der Waals surface area contributed by atoms with Gasteiger partial charge in [-0.05, 0) is 20.3 Å². The smallest absolute Gasteiger partial charge is 0.146 e. The van der Waals surface area contributed by atoms with Gasteiger partial charge in [0.25, 0.3) is 0 Å². The van der Waals surface area contributed by atoms with Crippen LogP contribution in [0.5, 0.6) is 0 Å². The lowest BCUT2D eigenvalue weighted by Crippen LogP contribution is -2.28. The van der Waals surface area contributed by atoms with Crippen LogP contribution < -0.4 is 5.73 Å². The van der Waals surface area contributed by atoms with Crippen molar-refractivity contribution in [2.24, 2.45) is 5.73 Å². The standard InChI is InChI=1S/C7H13NO2/c1-5(9)3-4-7(8)6(2)10/h7H,3-4,8H2,1-2H3. The van der Waals surface area contributed by atoms with Gasteiger partial charge in [-0.2, -0.15) is 0 Å². The Labute approximate surface area is 60.6 Å². The molecule has 2 N–H and O–H groups in total. The molecular formula is C7H13NO2. The molecule has 0 bridgehead atoms. The summed E-state index contributed by atoms with van der Waals surface area (Å²) < 4.78 is 0. The highest BCUT2D eigenvalue weighted by molar-refractivity contribution is 5.82. The first-order valence-corrected chi connectivity index (χ1v) is 3.29. The van der Waals surface area contributed by atoms with E-state index in [1.807, 2.05) is 0 Å². The number of rotatable bonds is 4. The molecule has 1 unspecified atom stereocenters. The summed E-state index contributed by atoms with van der Waals surface area (Å²) in [5, 5.41) is 0. The summed E-state index contributed by atoms with van der Waals surface area (Å²) in [6, 6.07) is -0.455. The Balaban J connectivity index is 3.49. The number of carbonyl (C=O) groups excluding carboxylic acids is 2. The number of Topliss-reactive ketones (excluding diaryl/α,β-unsaturated/α-hetero) is 2. The van der Waals surface area contributed by atoms with Crippen LogP contribution >= 0.6 is 0 Å². The highest BCUT2D eigenvalue weighted by Crippen LogP contribution is 1.95. The Morgan fingerprint density at radius 1 is 1.40 bits per heavy atom. The zero-order chi connectivity index (χ0) is 8.15. The van der Waals surface area contributed by atoms with Crippen molar-refractivity contribution < 1.29 is 9.59 Å². The Morgan fingerprint density at radius 3 is 2.20 bits per heavy atom. The van der Waals surface area contributed by atoms with Crippen LogP contribution in [0, 0.1) is 0 Å². The van der Waals surface area contributed by atoms with E-state index in [1.54, 1.807) is 0 Å². The maximum atomic E-state index is 10.5. The van der Waals surface area contributed by atoms with E-state index in [9.17, 15) is 9.59 Å².